The zero-order chi connectivity index (χ0) is 18.2. The summed E-state index contributed by atoms with van der Waals surface area (Å²) in [6.07, 6.45) is 0. The summed E-state index contributed by atoms with van der Waals surface area (Å²) < 4.78 is 11.1. The summed E-state index contributed by atoms with van der Waals surface area (Å²) in [5.74, 6) is 0.612. The molecule has 4 nitrogen and oxygen atoms in total. The van der Waals surface area contributed by atoms with Gasteiger partial charge in [0.2, 0.25) is 0 Å². The van der Waals surface area contributed by atoms with E-state index in [2.05, 4.69) is 5.32 Å². The fraction of sp³-hybridized carbons (Fsp3) is 0.350. The summed E-state index contributed by atoms with van der Waals surface area (Å²) in [5.41, 5.74) is 2.45. The Morgan fingerprint density at radius 2 is 1.84 bits per heavy atom. The average Bonchev–Trinajstić information content (AvgIpc) is 2.61. The molecule has 0 unspecified atom stereocenters. The second-order valence-electron chi connectivity index (χ2n) is 5.64. The Morgan fingerprint density at radius 1 is 1.12 bits per heavy atom. The molecule has 1 atom stereocenters. The van der Waals surface area contributed by atoms with Crippen LogP contribution in [0.3, 0.4) is 0 Å². The molecular weight excluding hydrogens is 338 g/mol. The van der Waals surface area contributed by atoms with Gasteiger partial charge in [-0.15, -0.1) is 0 Å². The number of ether oxygens (including phenoxy) is 2. The molecule has 0 fully saturated rings. The number of benzene rings is 2. The number of amides is 1. The first kappa shape index (κ1) is 19.3. The molecule has 2 rings (SSSR count). The van der Waals surface area contributed by atoms with E-state index in [0.717, 1.165) is 16.9 Å². The van der Waals surface area contributed by atoms with Crippen molar-refractivity contribution in [1.29, 1.82) is 0 Å². The van der Waals surface area contributed by atoms with Gasteiger partial charge in [0.25, 0.3) is 5.91 Å². The monoisotopic (exact) mass is 361 g/mol. The fourth-order valence-corrected chi connectivity index (χ4v) is 2.58. The van der Waals surface area contributed by atoms with E-state index >= 15 is 0 Å². The van der Waals surface area contributed by atoms with Crippen LogP contribution in [0.5, 0.6) is 5.75 Å². The Labute approximate surface area is 154 Å². The molecule has 5 heteroatoms. The zero-order valence-corrected chi connectivity index (χ0v) is 15.6. The molecule has 0 saturated carbocycles. The van der Waals surface area contributed by atoms with Crippen molar-refractivity contribution in [3.05, 3.63) is 64.2 Å². The molecule has 2 aromatic rings. The number of nitrogens with one attached hydrogen (secondary N) is 1. The Kier molecular flexibility index (Phi) is 7.29. The number of rotatable bonds is 8. The molecule has 1 N–H and O–H groups in total. The van der Waals surface area contributed by atoms with E-state index in [1.807, 2.05) is 57.2 Å². The molecule has 0 radical (unpaired) electrons. The second kappa shape index (κ2) is 9.44. The minimum Gasteiger partial charge on any atom is -0.494 e. The predicted molar refractivity (Wildman–Crippen MR) is 100 cm³/mol. The Hall–Kier alpha value is -2.04. The van der Waals surface area contributed by atoms with Crippen molar-refractivity contribution in [2.24, 2.45) is 0 Å². The van der Waals surface area contributed by atoms with Gasteiger partial charge in [-0.1, -0.05) is 23.7 Å². The van der Waals surface area contributed by atoms with Gasteiger partial charge in [0.15, 0.2) is 0 Å². The lowest BCUT2D eigenvalue weighted by molar-refractivity contribution is 0.0939. The summed E-state index contributed by atoms with van der Waals surface area (Å²) in [6.45, 7) is 7.40. The molecular formula is C20H24ClNO3. The highest BCUT2D eigenvalue weighted by Crippen LogP contribution is 2.22. The highest BCUT2D eigenvalue weighted by molar-refractivity contribution is 6.30. The molecule has 0 saturated heterocycles. The van der Waals surface area contributed by atoms with Crippen LogP contribution in [-0.4, -0.2) is 19.1 Å². The van der Waals surface area contributed by atoms with Crippen molar-refractivity contribution in [1.82, 2.24) is 5.32 Å². The van der Waals surface area contributed by atoms with E-state index in [4.69, 9.17) is 21.1 Å². The highest BCUT2D eigenvalue weighted by Gasteiger charge is 2.14. The standard InChI is InChI=1S/C20H24ClNO3/c1-4-24-13-17-12-16(8-11-19(17)25-5-2)20(23)22-14(3)15-6-9-18(21)10-7-15/h6-12,14H,4-5,13H2,1-3H3,(H,22,23)/t14-/m0/s1. The number of hydrogen-bond acceptors (Lipinski definition) is 3. The summed E-state index contributed by atoms with van der Waals surface area (Å²) in [4.78, 5) is 12.6. The molecule has 0 heterocycles. The normalized spacial score (nSPS) is 11.8. The van der Waals surface area contributed by atoms with Crippen molar-refractivity contribution in [2.45, 2.75) is 33.4 Å². The maximum atomic E-state index is 12.6. The van der Waals surface area contributed by atoms with Crippen molar-refractivity contribution in [3.8, 4) is 5.75 Å². The van der Waals surface area contributed by atoms with E-state index in [-0.39, 0.29) is 11.9 Å². The van der Waals surface area contributed by atoms with Crippen molar-refractivity contribution >= 4 is 17.5 Å². The van der Waals surface area contributed by atoms with Gasteiger partial charge in [-0.3, -0.25) is 4.79 Å². The first-order chi connectivity index (χ1) is 12.0. The molecule has 0 spiro atoms. The lowest BCUT2D eigenvalue weighted by atomic mass is 10.1. The third-order valence-electron chi connectivity index (χ3n) is 3.80. The molecule has 0 aromatic heterocycles. The zero-order valence-electron chi connectivity index (χ0n) is 14.8. The fourth-order valence-electron chi connectivity index (χ4n) is 2.46. The van der Waals surface area contributed by atoms with Crippen LogP contribution in [0.4, 0.5) is 0 Å². The molecule has 0 aliphatic carbocycles. The SMILES string of the molecule is CCOCc1cc(C(=O)N[C@@H](C)c2ccc(Cl)cc2)ccc1OCC. The highest BCUT2D eigenvalue weighted by atomic mass is 35.5. The first-order valence-corrected chi connectivity index (χ1v) is 8.82. The predicted octanol–water partition coefficient (Wildman–Crippen LogP) is 4.77. The molecule has 0 aliphatic rings. The molecule has 2 aromatic carbocycles. The first-order valence-electron chi connectivity index (χ1n) is 8.45. The molecule has 1 amide bonds. The van der Waals surface area contributed by atoms with Gasteiger partial charge in [-0.05, 0) is 56.7 Å². The van der Waals surface area contributed by atoms with Crippen LogP contribution in [0.1, 0.15) is 48.3 Å². The van der Waals surface area contributed by atoms with Crippen LogP contribution in [0.25, 0.3) is 0 Å². The Balaban J connectivity index is 2.13. The lowest BCUT2D eigenvalue weighted by Gasteiger charge is -2.16. The van der Waals surface area contributed by atoms with Crippen LogP contribution in [0.2, 0.25) is 5.02 Å². The average molecular weight is 362 g/mol. The van der Waals surface area contributed by atoms with E-state index in [0.29, 0.717) is 30.4 Å². The van der Waals surface area contributed by atoms with Crippen molar-refractivity contribution < 1.29 is 14.3 Å². The van der Waals surface area contributed by atoms with E-state index in [1.165, 1.54) is 0 Å². The minimum atomic E-state index is -0.136. The van der Waals surface area contributed by atoms with Crippen molar-refractivity contribution in [2.75, 3.05) is 13.2 Å². The number of halogens is 1. The Morgan fingerprint density at radius 3 is 2.48 bits per heavy atom. The van der Waals surface area contributed by atoms with E-state index in [9.17, 15) is 4.79 Å². The molecule has 0 bridgehead atoms. The summed E-state index contributed by atoms with van der Waals surface area (Å²) in [7, 11) is 0. The minimum absolute atomic E-state index is 0.119. The van der Waals surface area contributed by atoms with Gasteiger partial charge in [-0.2, -0.15) is 0 Å². The van der Waals surface area contributed by atoms with Crippen LogP contribution < -0.4 is 10.1 Å². The second-order valence-corrected chi connectivity index (χ2v) is 6.08. The number of hydrogen-bond donors (Lipinski definition) is 1. The maximum Gasteiger partial charge on any atom is 0.251 e. The van der Waals surface area contributed by atoms with Gasteiger partial charge in [0.05, 0.1) is 19.3 Å². The maximum absolute atomic E-state index is 12.6. The molecule has 134 valence electrons. The third-order valence-corrected chi connectivity index (χ3v) is 4.05. The van der Waals surface area contributed by atoms with E-state index < -0.39 is 0 Å². The summed E-state index contributed by atoms with van der Waals surface area (Å²) >= 11 is 5.91. The Bertz CT molecular complexity index is 701. The number of carbonyl (C=O) groups is 1. The molecule has 0 aliphatic heterocycles. The van der Waals surface area contributed by atoms with Gasteiger partial charge < -0.3 is 14.8 Å². The lowest BCUT2D eigenvalue weighted by Crippen LogP contribution is -2.26. The number of carbonyl (C=O) groups excluding carboxylic acids is 1. The van der Waals surface area contributed by atoms with Crippen LogP contribution >= 0.6 is 11.6 Å². The summed E-state index contributed by atoms with van der Waals surface area (Å²) in [5, 5.41) is 3.68. The largest absolute Gasteiger partial charge is 0.494 e. The smallest absolute Gasteiger partial charge is 0.251 e. The topological polar surface area (TPSA) is 47.6 Å². The van der Waals surface area contributed by atoms with Crippen LogP contribution in [-0.2, 0) is 11.3 Å². The summed E-state index contributed by atoms with van der Waals surface area (Å²) in [6, 6.07) is 12.7. The van der Waals surface area contributed by atoms with Gasteiger partial charge in [0.1, 0.15) is 5.75 Å². The van der Waals surface area contributed by atoms with Crippen LogP contribution in [0, 0.1) is 0 Å². The quantitative estimate of drug-likeness (QED) is 0.737. The van der Waals surface area contributed by atoms with Crippen molar-refractivity contribution in [3.63, 3.8) is 0 Å². The van der Waals surface area contributed by atoms with E-state index in [1.54, 1.807) is 6.07 Å². The van der Waals surface area contributed by atoms with Gasteiger partial charge in [-0.25, -0.2) is 0 Å². The van der Waals surface area contributed by atoms with Gasteiger partial charge in [0, 0.05) is 22.8 Å². The molecule has 25 heavy (non-hydrogen) atoms. The van der Waals surface area contributed by atoms with Crippen LogP contribution in [0.15, 0.2) is 42.5 Å². The third kappa shape index (κ3) is 5.48. The van der Waals surface area contributed by atoms with Gasteiger partial charge >= 0.3 is 0 Å².